The van der Waals surface area contributed by atoms with Crippen molar-refractivity contribution in [3.8, 4) is 23.3 Å². The third kappa shape index (κ3) is 15.5. The first kappa shape index (κ1) is 58.6. The predicted octanol–water partition coefficient (Wildman–Crippen LogP) is 20.6. The summed E-state index contributed by atoms with van der Waals surface area (Å²) in [7, 11) is 0. The van der Waals surface area contributed by atoms with E-state index in [0.717, 1.165) is 89.6 Å². The van der Waals surface area contributed by atoms with Crippen LogP contribution in [0.15, 0.2) is 252 Å². The molecular formula is C70H80N4. The lowest BCUT2D eigenvalue weighted by Gasteiger charge is -2.46. The van der Waals surface area contributed by atoms with Gasteiger partial charge in [-0.15, -0.1) is 0 Å². The van der Waals surface area contributed by atoms with Gasteiger partial charge < -0.3 is 9.80 Å². The van der Waals surface area contributed by atoms with Gasteiger partial charge in [0.1, 0.15) is 0 Å². The molecule has 0 fully saturated rings. The van der Waals surface area contributed by atoms with E-state index in [1.807, 2.05) is 71.9 Å². The molecule has 0 saturated heterocycles. The van der Waals surface area contributed by atoms with E-state index in [9.17, 15) is 5.26 Å². The standard InChI is InChI=1S/C57H55N3.C7H7N.3C2H6/c1-7-20-43(38-58)35-54(48-21-14-11-15-22-48)45(10-4)37-57-55-36-49(31-32-56(55)60(57)53-25-18-13-19-26-53)46-27-29-47(30-28-46)51-34-42(6)41(5)33-50(44(8-2)9-3)39-59(40-51)52-23-16-12-17-24-52;8-6-7-4-2-1-3-5-7;3*1-2/h8-10,12-14,16-32,34-36,39-40,57H,2,5,7,11,15,33,37H2,1,3-4,6H3;2,4-5H,1,3H2;3*1-2H3/b42-34+,43-20+,44-9+,45-10+,50-39+,51-40+,54-35-;;;;. The van der Waals surface area contributed by atoms with Gasteiger partial charge in [0, 0.05) is 40.6 Å². The summed E-state index contributed by atoms with van der Waals surface area (Å²) in [5.41, 5.74) is 19.0. The lowest BCUT2D eigenvalue weighted by atomic mass is 9.81. The van der Waals surface area contributed by atoms with Gasteiger partial charge in [0.25, 0.3) is 0 Å². The fourth-order valence-corrected chi connectivity index (χ4v) is 9.06. The molecule has 74 heavy (non-hydrogen) atoms. The zero-order valence-electron chi connectivity index (χ0n) is 46.1. The first-order valence-corrected chi connectivity index (χ1v) is 26.9. The van der Waals surface area contributed by atoms with E-state index >= 15 is 0 Å². The SMILES string of the molecule is C=CC(=C\C)/C1=C/N(c2ccccc2)/C=C(c2ccc(-c3ccc4c(c3)C(CC(=C\C)/C(=C/C(C#N)=C\CC)C3=CCCC=C3)N4c3ccccc3)cc2)\C=C(/C)C(=C)C1.CC.CC.CC.N#CC1=CCCC=C1. The van der Waals surface area contributed by atoms with Crippen molar-refractivity contribution < 1.29 is 0 Å². The Hall–Kier alpha value is -7.92. The number of rotatable bonds is 12. The van der Waals surface area contributed by atoms with Crippen molar-refractivity contribution in [2.75, 3.05) is 9.80 Å². The molecule has 4 heteroatoms. The van der Waals surface area contributed by atoms with Crippen LogP contribution in [0.25, 0.3) is 16.7 Å². The van der Waals surface area contributed by atoms with Crippen molar-refractivity contribution in [1.29, 1.82) is 10.5 Å². The molecule has 4 aromatic carbocycles. The van der Waals surface area contributed by atoms with Crippen molar-refractivity contribution in [2.45, 2.75) is 120 Å². The summed E-state index contributed by atoms with van der Waals surface area (Å²) < 4.78 is 0. The van der Waals surface area contributed by atoms with Crippen molar-refractivity contribution in [3.05, 3.63) is 263 Å². The van der Waals surface area contributed by atoms with Crippen LogP contribution in [0.2, 0.25) is 0 Å². The zero-order chi connectivity index (χ0) is 53.8. The maximum atomic E-state index is 10.1. The number of hydrogen-bond acceptors (Lipinski definition) is 4. The fraction of sp³-hybridized carbons (Fsp3) is 0.257. The van der Waals surface area contributed by atoms with Crippen molar-refractivity contribution in [2.24, 2.45) is 0 Å². The number of nitrogens with zero attached hydrogens (tertiary/aromatic N) is 4. The van der Waals surface area contributed by atoms with Gasteiger partial charge in [0.05, 0.1) is 18.2 Å². The van der Waals surface area contributed by atoms with Gasteiger partial charge in [0.15, 0.2) is 0 Å². The Bertz CT molecular complexity index is 2940. The molecule has 4 aliphatic rings. The summed E-state index contributed by atoms with van der Waals surface area (Å²) in [6, 6.07) is 41.7. The fourth-order valence-electron chi connectivity index (χ4n) is 9.06. The number of allylic oxidation sites excluding steroid dienone is 21. The third-order valence-corrected chi connectivity index (χ3v) is 12.8. The van der Waals surface area contributed by atoms with E-state index in [1.54, 1.807) is 0 Å². The number of anilines is 3. The van der Waals surface area contributed by atoms with Crippen LogP contribution >= 0.6 is 0 Å². The first-order chi connectivity index (χ1) is 36.3. The van der Waals surface area contributed by atoms with Gasteiger partial charge in [-0.2, -0.15) is 10.5 Å². The third-order valence-electron chi connectivity index (χ3n) is 12.8. The van der Waals surface area contributed by atoms with Gasteiger partial charge in [0.2, 0.25) is 0 Å². The van der Waals surface area contributed by atoms with Gasteiger partial charge >= 0.3 is 0 Å². The molecule has 0 spiro atoms. The van der Waals surface area contributed by atoms with E-state index in [2.05, 4.69) is 221 Å². The average Bonchev–Trinajstić information content (AvgIpc) is 3.53. The predicted molar refractivity (Wildman–Crippen MR) is 323 cm³/mol. The molecule has 0 amide bonds. The summed E-state index contributed by atoms with van der Waals surface area (Å²) in [5.74, 6) is 0. The van der Waals surface area contributed by atoms with Crippen molar-refractivity contribution in [1.82, 2.24) is 0 Å². The highest BCUT2D eigenvalue weighted by Crippen LogP contribution is 2.53. The number of nitriles is 2. The topological polar surface area (TPSA) is 54.1 Å². The second-order valence-corrected chi connectivity index (χ2v) is 17.3. The quantitative estimate of drug-likeness (QED) is 0.105. The van der Waals surface area contributed by atoms with Crippen LogP contribution in [0.3, 0.4) is 0 Å². The summed E-state index contributed by atoms with van der Waals surface area (Å²) >= 11 is 0. The number of hydrogen-bond donors (Lipinski definition) is 0. The van der Waals surface area contributed by atoms with E-state index in [0.29, 0.717) is 5.57 Å². The number of para-hydroxylation sites is 2. The lowest BCUT2D eigenvalue weighted by molar-refractivity contribution is 0.635. The van der Waals surface area contributed by atoms with Crippen molar-refractivity contribution in [3.63, 3.8) is 0 Å². The molecule has 4 aromatic rings. The molecule has 2 aliphatic carbocycles. The van der Waals surface area contributed by atoms with Crippen LogP contribution in [0, 0.1) is 22.7 Å². The van der Waals surface area contributed by atoms with E-state index in [1.165, 1.54) is 44.8 Å². The second-order valence-electron chi connectivity index (χ2n) is 17.3. The van der Waals surface area contributed by atoms with Crippen LogP contribution in [0.4, 0.5) is 17.1 Å². The highest BCUT2D eigenvalue weighted by atomic mass is 15.2. The van der Waals surface area contributed by atoms with Crippen LogP contribution in [0.1, 0.15) is 131 Å². The molecule has 2 aliphatic heterocycles. The molecule has 0 bridgehead atoms. The number of benzene rings is 4. The molecule has 8 rings (SSSR count). The lowest BCUT2D eigenvalue weighted by Crippen LogP contribution is -2.34. The average molecular weight is 977 g/mol. The highest BCUT2D eigenvalue weighted by Gasteiger charge is 2.37. The molecule has 1 atom stereocenters. The Kier molecular flexibility index (Phi) is 25.0. The molecule has 4 nitrogen and oxygen atoms in total. The molecule has 0 saturated carbocycles. The Morgan fingerprint density at radius 2 is 1.35 bits per heavy atom. The Labute approximate surface area is 447 Å². The maximum Gasteiger partial charge on any atom is 0.0988 e. The molecule has 0 aromatic heterocycles. The van der Waals surface area contributed by atoms with Crippen molar-refractivity contribution >= 4 is 22.6 Å². The highest BCUT2D eigenvalue weighted by molar-refractivity contribution is 5.83. The normalized spacial score (nSPS) is 18.4. The van der Waals surface area contributed by atoms with E-state index < -0.39 is 0 Å². The smallest absolute Gasteiger partial charge is 0.0988 e. The van der Waals surface area contributed by atoms with Crippen LogP contribution in [0.5, 0.6) is 0 Å². The Morgan fingerprint density at radius 3 is 1.89 bits per heavy atom. The minimum Gasteiger partial charge on any atom is -0.333 e. The van der Waals surface area contributed by atoms with Gasteiger partial charge in [-0.1, -0.05) is 183 Å². The molecule has 2 heterocycles. The first-order valence-electron chi connectivity index (χ1n) is 26.9. The van der Waals surface area contributed by atoms with Crippen LogP contribution in [-0.4, -0.2) is 0 Å². The summed E-state index contributed by atoms with van der Waals surface area (Å²) in [5, 5.41) is 18.4. The summed E-state index contributed by atoms with van der Waals surface area (Å²) in [4.78, 5) is 4.70. The van der Waals surface area contributed by atoms with E-state index in [4.69, 9.17) is 5.26 Å². The second kappa shape index (κ2) is 31.5. The zero-order valence-corrected chi connectivity index (χ0v) is 46.1. The molecule has 1 unspecified atom stereocenters. The monoisotopic (exact) mass is 977 g/mol. The summed E-state index contributed by atoms with van der Waals surface area (Å²) in [6.45, 7) is 29.0. The largest absolute Gasteiger partial charge is 0.333 e. The maximum absolute atomic E-state index is 10.1. The minimum atomic E-state index is 0.126. The molecule has 380 valence electrons. The Morgan fingerprint density at radius 1 is 0.730 bits per heavy atom. The van der Waals surface area contributed by atoms with Gasteiger partial charge in [-0.25, -0.2) is 0 Å². The minimum absolute atomic E-state index is 0.126. The Balaban J connectivity index is 0.000000751. The van der Waals surface area contributed by atoms with Crippen LogP contribution < -0.4 is 9.80 Å². The molecular weight excluding hydrogens is 897 g/mol. The van der Waals surface area contributed by atoms with Gasteiger partial charge in [-0.3, -0.25) is 0 Å². The molecule has 0 N–H and O–H groups in total. The van der Waals surface area contributed by atoms with Gasteiger partial charge in [-0.05, 0) is 187 Å². The van der Waals surface area contributed by atoms with E-state index in [-0.39, 0.29) is 6.04 Å². The number of fused-ring (bicyclic) bond motifs is 1. The van der Waals surface area contributed by atoms with Crippen LogP contribution in [-0.2, 0) is 0 Å². The molecule has 0 radical (unpaired) electrons. The summed E-state index contributed by atoms with van der Waals surface area (Å²) in [6.07, 6.45) is 36.3.